The van der Waals surface area contributed by atoms with Gasteiger partial charge in [0.05, 0.1) is 4.92 Å². The van der Waals surface area contributed by atoms with E-state index in [1.54, 1.807) is 0 Å². The average Bonchev–Trinajstić information content (AvgIpc) is 2.21. The summed E-state index contributed by atoms with van der Waals surface area (Å²) in [5, 5.41) is 17.2. The van der Waals surface area contributed by atoms with Gasteiger partial charge in [0.25, 0.3) is 5.69 Å². The van der Waals surface area contributed by atoms with Crippen LogP contribution >= 0.6 is 0 Å². The Labute approximate surface area is 81.1 Å². The largest absolute Gasteiger partial charge is 0.400 e. The van der Waals surface area contributed by atoms with Gasteiger partial charge in [0.2, 0.25) is 0 Å². The van der Waals surface area contributed by atoms with Crippen LogP contribution in [0.5, 0.6) is 0 Å². The fraction of sp³-hybridized carbons (Fsp3) is 0.222. The zero-order chi connectivity index (χ0) is 11.1. The Morgan fingerprint density at radius 1 is 1.29 bits per heavy atom. The molecule has 0 saturated carbocycles. The minimum Gasteiger partial charge on any atom is -0.400 e. The van der Waals surface area contributed by atoms with Gasteiger partial charge < -0.3 is 5.11 Å². The highest BCUT2D eigenvalue weighted by Crippen LogP contribution is 2.11. The number of hydrogen-bond donors (Lipinski definition) is 1. The van der Waals surface area contributed by atoms with Gasteiger partial charge in [-0.3, -0.25) is 14.9 Å². The topological polar surface area (TPSA) is 80.4 Å². The summed E-state index contributed by atoms with van der Waals surface area (Å²) in [5.41, 5.74) is 0.487. The third-order valence-corrected chi connectivity index (χ3v) is 1.48. The molecule has 0 saturated heterocycles. The van der Waals surface area contributed by atoms with Crippen LogP contribution in [0.15, 0.2) is 24.3 Å². The third kappa shape index (κ3) is 3.32. The molecule has 0 aliphatic carbocycles. The number of ketones is 1. The molecular weight excluding hydrogens is 186 g/mol. The summed E-state index contributed by atoms with van der Waals surface area (Å²) in [6, 6.07) is 5.52. The number of nitro benzene ring substituents is 1. The number of carbonyl (C=O) groups is 1. The van der Waals surface area contributed by atoms with Crippen LogP contribution in [0.4, 0.5) is 5.69 Å². The molecule has 0 radical (unpaired) electrons. The van der Waals surface area contributed by atoms with E-state index in [-0.39, 0.29) is 11.5 Å². The van der Waals surface area contributed by atoms with Gasteiger partial charge >= 0.3 is 0 Å². The van der Waals surface area contributed by atoms with Crippen molar-refractivity contribution in [3.63, 3.8) is 0 Å². The van der Waals surface area contributed by atoms with Crippen LogP contribution < -0.4 is 0 Å². The number of benzene rings is 1. The summed E-state index contributed by atoms with van der Waals surface area (Å²) in [6.45, 7) is 1.42. The van der Waals surface area contributed by atoms with Crippen LogP contribution in [-0.4, -0.2) is 22.9 Å². The number of Topliss-reactive ketones (excluding diaryl/α,β-unsaturated/α-hetero) is 1. The SMILES string of the molecule is CC(=O)c1ccc([N+](=O)[O-])cc1.CO. The monoisotopic (exact) mass is 197 g/mol. The first-order valence-electron chi connectivity index (χ1n) is 3.81. The summed E-state index contributed by atoms with van der Waals surface area (Å²) >= 11 is 0. The standard InChI is InChI=1S/C8H7NO3.CH4O/c1-6(10)7-2-4-8(5-3-7)9(11)12;1-2/h2-5H,1H3;2H,1H3. The fourth-order valence-electron chi connectivity index (χ4n) is 0.818. The molecule has 0 spiro atoms. The molecular formula is C9H11NO4. The van der Waals surface area contributed by atoms with Crippen LogP contribution in [-0.2, 0) is 0 Å². The van der Waals surface area contributed by atoms with Gasteiger partial charge in [-0.2, -0.15) is 0 Å². The van der Waals surface area contributed by atoms with Crippen molar-refractivity contribution in [3.8, 4) is 0 Å². The quantitative estimate of drug-likeness (QED) is 0.441. The third-order valence-electron chi connectivity index (χ3n) is 1.48. The van der Waals surface area contributed by atoms with Crippen molar-refractivity contribution in [1.29, 1.82) is 0 Å². The van der Waals surface area contributed by atoms with E-state index in [1.165, 1.54) is 31.2 Å². The molecule has 76 valence electrons. The van der Waals surface area contributed by atoms with Crippen molar-refractivity contribution >= 4 is 11.5 Å². The summed E-state index contributed by atoms with van der Waals surface area (Å²) in [4.78, 5) is 20.5. The highest BCUT2D eigenvalue weighted by atomic mass is 16.6. The summed E-state index contributed by atoms with van der Waals surface area (Å²) in [5.74, 6) is -0.0927. The Balaban J connectivity index is 0.000000791. The molecule has 0 atom stereocenters. The average molecular weight is 197 g/mol. The molecule has 0 heterocycles. The Bertz CT molecular complexity index is 285. The van der Waals surface area contributed by atoms with E-state index in [0.29, 0.717) is 5.56 Å². The summed E-state index contributed by atoms with van der Waals surface area (Å²) < 4.78 is 0. The van der Waals surface area contributed by atoms with E-state index < -0.39 is 4.92 Å². The number of rotatable bonds is 2. The van der Waals surface area contributed by atoms with Gasteiger partial charge in [0.15, 0.2) is 5.78 Å². The summed E-state index contributed by atoms with van der Waals surface area (Å²) in [6.07, 6.45) is 0. The Morgan fingerprint density at radius 3 is 2.00 bits per heavy atom. The second-order valence-electron chi connectivity index (χ2n) is 2.36. The van der Waals surface area contributed by atoms with Crippen LogP contribution in [0, 0.1) is 10.1 Å². The van der Waals surface area contributed by atoms with Gasteiger partial charge in [-0.1, -0.05) is 0 Å². The van der Waals surface area contributed by atoms with Crippen LogP contribution in [0.1, 0.15) is 17.3 Å². The second kappa shape index (κ2) is 5.82. The maximum Gasteiger partial charge on any atom is 0.269 e. The molecule has 0 fully saturated rings. The van der Waals surface area contributed by atoms with Crippen LogP contribution in [0.3, 0.4) is 0 Å². The highest BCUT2D eigenvalue weighted by Gasteiger charge is 2.05. The molecule has 14 heavy (non-hydrogen) atoms. The minimum atomic E-state index is -0.496. The molecule has 0 aromatic heterocycles. The predicted octanol–water partition coefficient (Wildman–Crippen LogP) is 1.41. The number of carbonyl (C=O) groups excluding carboxylic acids is 1. The van der Waals surface area contributed by atoms with E-state index >= 15 is 0 Å². The van der Waals surface area contributed by atoms with Gasteiger partial charge in [-0.15, -0.1) is 0 Å². The first-order chi connectivity index (χ1) is 6.61. The highest BCUT2D eigenvalue weighted by molar-refractivity contribution is 5.94. The van der Waals surface area contributed by atoms with Crippen molar-refractivity contribution < 1.29 is 14.8 Å². The van der Waals surface area contributed by atoms with Crippen molar-refractivity contribution in [3.05, 3.63) is 39.9 Å². The van der Waals surface area contributed by atoms with Gasteiger partial charge in [0, 0.05) is 24.8 Å². The minimum absolute atomic E-state index is 0.000000000000000222. The number of aliphatic hydroxyl groups is 1. The zero-order valence-electron chi connectivity index (χ0n) is 7.93. The molecule has 5 heteroatoms. The normalized spacial score (nSPS) is 8.50. The smallest absolute Gasteiger partial charge is 0.269 e. The Morgan fingerprint density at radius 2 is 1.71 bits per heavy atom. The molecule has 0 aliphatic heterocycles. The van der Waals surface area contributed by atoms with Crippen LogP contribution in [0.2, 0.25) is 0 Å². The molecule has 1 aromatic carbocycles. The molecule has 0 amide bonds. The lowest BCUT2D eigenvalue weighted by Crippen LogP contribution is -1.92. The molecule has 1 rings (SSSR count). The Kier molecular flexibility index (Phi) is 5.09. The zero-order valence-corrected chi connectivity index (χ0v) is 7.93. The van der Waals surface area contributed by atoms with Gasteiger partial charge in [0.1, 0.15) is 0 Å². The number of hydrogen-bond acceptors (Lipinski definition) is 4. The van der Waals surface area contributed by atoms with E-state index in [9.17, 15) is 14.9 Å². The summed E-state index contributed by atoms with van der Waals surface area (Å²) in [7, 11) is 1.00. The van der Waals surface area contributed by atoms with Crippen molar-refractivity contribution in [2.75, 3.05) is 7.11 Å². The van der Waals surface area contributed by atoms with E-state index in [2.05, 4.69) is 0 Å². The number of aliphatic hydroxyl groups excluding tert-OH is 1. The van der Waals surface area contributed by atoms with Crippen molar-refractivity contribution in [2.24, 2.45) is 0 Å². The first kappa shape index (κ1) is 12.2. The lowest BCUT2D eigenvalue weighted by Gasteiger charge is -1.93. The maximum absolute atomic E-state index is 10.8. The molecule has 1 N–H and O–H groups in total. The number of nitrogens with zero attached hydrogens (tertiary/aromatic N) is 1. The maximum atomic E-state index is 10.8. The van der Waals surface area contributed by atoms with Gasteiger partial charge in [-0.25, -0.2) is 0 Å². The van der Waals surface area contributed by atoms with E-state index in [4.69, 9.17) is 5.11 Å². The first-order valence-corrected chi connectivity index (χ1v) is 3.81. The fourth-order valence-corrected chi connectivity index (χ4v) is 0.818. The van der Waals surface area contributed by atoms with Crippen LogP contribution in [0.25, 0.3) is 0 Å². The Hall–Kier alpha value is -1.75. The molecule has 1 aromatic rings. The molecule has 0 unspecified atom stereocenters. The lowest BCUT2D eigenvalue weighted by atomic mass is 10.1. The lowest BCUT2D eigenvalue weighted by molar-refractivity contribution is -0.384. The van der Waals surface area contributed by atoms with Crippen molar-refractivity contribution in [2.45, 2.75) is 6.92 Å². The molecule has 5 nitrogen and oxygen atoms in total. The molecule has 0 bridgehead atoms. The van der Waals surface area contributed by atoms with Gasteiger partial charge in [-0.05, 0) is 19.1 Å². The predicted molar refractivity (Wildman–Crippen MR) is 51.2 cm³/mol. The van der Waals surface area contributed by atoms with E-state index in [1.807, 2.05) is 0 Å². The van der Waals surface area contributed by atoms with Crippen molar-refractivity contribution in [1.82, 2.24) is 0 Å². The number of nitro groups is 1. The van der Waals surface area contributed by atoms with E-state index in [0.717, 1.165) is 7.11 Å². The molecule has 0 aliphatic rings. The number of non-ortho nitro benzene ring substituents is 1. The second-order valence-corrected chi connectivity index (χ2v) is 2.36.